The van der Waals surface area contributed by atoms with Crippen LogP contribution in [0.4, 0.5) is 10.6 Å². The maximum absolute atomic E-state index is 12.5. The first-order valence-corrected chi connectivity index (χ1v) is 9.99. The Morgan fingerprint density at radius 3 is 2.59 bits per heavy atom. The summed E-state index contributed by atoms with van der Waals surface area (Å²) in [5.74, 6) is 1.01. The Morgan fingerprint density at radius 2 is 1.93 bits per heavy atom. The van der Waals surface area contributed by atoms with Crippen molar-refractivity contribution in [1.82, 2.24) is 25.0 Å². The van der Waals surface area contributed by atoms with Gasteiger partial charge in [-0.2, -0.15) is 0 Å². The maximum Gasteiger partial charge on any atom is 0.317 e. The third-order valence-corrected chi connectivity index (χ3v) is 5.89. The summed E-state index contributed by atoms with van der Waals surface area (Å²) in [6, 6.07) is 4.17. The van der Waals surface area contributed by atoms with Crippen LogP contribution < -0.4 is 10.2 Å². The second-order valence-corrected chi connectivity index (χ2v) is 8.41. The minimum absolute atomic E-state index is 0.0558. The molecule has 27 heavy (non-hydrogen) atoms. The van der Waals surface area contributed by atoms with Crippen LogP contribution in [0, 0.1) is 6.92 Å². The number of hydrogen-bond donors (Lipinski definition) is 1. The average molecular weight is 375 g/mol. The molecule has 7 heteroatoms. The molecule has 0 spiro atoms. The highest BCUT2D eigenvalue weighted by Crippen LogP contribution is 2.18. The normalized spacial score (nSPS) is 21.3. The van der Waals surface area contributed by atoms with Crippen LogP contribution in [0.5, 0.6) is 0 Å². The molecule has 0 saturated carbocycles. The SMILES string of the molecule is Cc1ccnc(N2CCN(C(=O)NCCN3CCN(C)C(C)(C)C3)CC2)c1. The number of aryl methyl sites for hydroxylation is 1. The van der Waals surface area contributed by atoms with Crippen molar-refractivity contribution in [3.8, 4) is 0 Å². The molecule has 0 aliphatic carbocycles. The molecule has 2 amide bonds. The number of aromatic nitrogens is 1. The molecule has 2 fully saturated rings. The van der Waals surface area contributed by atoms with E-state index >= 15 is 0 Å². The Morgan fingerprint density at radius 1 is 1.19 bits per heavy atom. The number of likely N-dealkylation sites (N-methyl/N-ethyl adjacent to an activating group) is 1. The number of amides is 2. The van der Waals surface area contributed by atoms with Crippen molar-refractivity contribution in [3.63, 3.8) is 0 Å². The van der Waals surface area contributed by atoms with Gasteiger partial charge in [-0.05, 0) is 45.5 Å². The van der Waals surface area contributed by atoms with E-state index in [1.54, 1.807) is 0 Å². The molecule has 0 radical (unpaired) electrons. The van der Waals surface area contributed by atoms with E-state index < -0.39 is 0 Å². The van der Waals surface area contributed by atoms with Crippen LogP contribution in [0.2, 0.25) is 0 Å². The van der Waals surface area contributed by atoms with Crippen molar-refractivity contribution in [1.29, 1.82) is 0 Å². The molecule has 0 aromatic carbocycles. The number of hydrogen-bond acceptors (Lipinski definition) is 5. The van der Waals surface area contributed by atoms with Gasteiger partial charge < -0.3 is 15.1 Å². The van der Waals surface area contributed by atoms with E-state index in [9.17, 15) is 4.79 Å². The predicted molar refractivity (Wildman–Crippen MR) is 109 cm³/mol. The summed E-state index contributed by atoms with van der Waals surface area (Å²) >= 11 is 0. The fourth-order valence-electron chi connectivity index (χ4n) is 3.80. The molecular weight excluding hydrogens is 340 g/mol. The molecular formula is C20H34N6O. The van der Waals surface area contributed by atoms with Crippen LogP contribution in [0.15, 0.2) is 18.3 Å². The average Bonchev–Trinajstić information content (AvgIpc) is 2.64. The maximum atomic E-state index is 12.5. The lowest BCUT2D eigenvalue weighted by atomic mass is 10.00. The van der Waals surface area contributed by atoms with E-state index in [1.807, 2.05) is 17.2 Å². The number of carbonyl (C=O) groups excluding carboxylic acids is 1. The number of piperazine rings is 2. The van der Waals surface area contributed by atoms with Gasteiger partial charge in [-0.25, -0.2) is 9.78 Å². The molecule has 0 atom stereocenters. The number of nitrogens with zero attached hydrogens (tertiary/aromatic N) is 5. The third kappa shape index (κ3) is 5.11. The molecule has 1 N–H and O–H groups in total. The lowest BCUT2D eigenvalue weighted by Gasteiger charge is -2.45. The number of carbonyl (C=O) groups is 1. The molecule has 0 unspecified atom stereocenters. The van der Waals surface area contributed by atoms with Gasteiger partial charge in [0.1, 0.15) is 5.82 Å². The van der Waals surface area contributed by atoms with Crippen LogP contribution in [0.3, 0.4) is 0 Å². The molecule has 7 nitrogen and oxygen atoms in total. The Labute approximate surface area is 163 Å². The zero-order valence-electron chi connectivity index (χ0n) is 17.2. The van der Waals surface area contributed by atoms with Crippen molar-refractivity contribution in [2.45, 2.75) is 26.3 Å². The fourth-order valence-corrected chi connectivity index (χ4v) is 3.80. The number of urea groups is 1. The molecule has 3 rings (SSSR count). The summed E-state index contributed by atoms with van der Waals surface area (Å²) in [6.07, 6.45) is 1.85. The molecule has 2 aliphatic rings. The zero-order chi connectivity index (χ0) is 19.4. The minimum Gasteiger partial charge on any atom is -0.353 e. The van der Waals surface area contributed by atoms with Gasteiger partial charge in [0.05, 0.1) is 0 Å². The van der Waals surface area contributed by atoms with Gasteiger partial charge in [-0.3, -0.25) is 9.80 Å². The van der Waals surface area contributed by atoms with Crippen molar-refractivity contribution < 1.29 is 4.79 Å². The van der Waals surface area contributed by atoms with Crippen LogP contribution >= 0.6 is 0 Å². The van der Waals surface area contributed by atoms with Crippen molar-refractivity contribution in [2.24, 2.45) is 0 Å². The summed E-state index contributed by atoms with van der Waals surface area (Å²) in [7, 11) is 2.19. The van der Waals surface area contributed by atoms with Crippen LogP contribution in [-0.2, 0) is 0 Å². The van der Waals surface area contributed by atoms with Gasteiger partial charge in [-0.15, -0.1) is 0 Å². The van der Waals surface area contributed by atoms with Gasteiger partial charge >= 0.3 is 6.03 Å². The summed E-state index contributed by atoms with van der Waals surface area (Å²) in [5, 5.41) is 3.10. The highest BCUT2D eigenvalue weighted by Gasteiger charge is 2.30. The lowest BCUT2D eigenvalue weighted by molar-refractivity contribution is 0.0409. The Hall–Kier alpha value is -1.86. The smallest absolute Gasteiger partial charge is 0.317 e. The molecule has 150 valence electrons. The van der Waals surface area contributed by atoms with E-state index in [2.05, 4.69) is 58.9 Å². The van der Waals surface area contributed by atoms with E-state index in [1.165, 1.54) is 5.56 Å². The number of rotatable bonds is 4. The van der Waals surface area contributed by atoms with Crippen LogP contribution in [-0.4, -0.2) is 97.2 Å². The standard InChI is InChI=1S/C20H34N6O/c1-17-5-6-21-18(15-17)25-11-13-26(14-12-25)19(27)22-7-8-24-10-9-23(4)20(2,3)16-24/h5-6,15H,7-14,16H2,1-4H3,(H,22,27). The second kappa shape index (κ2) is 8.44. The first-order valence-electron chi connectivity index (χ1n) is 9.99. The first kappa shape index (κ1) is 19.9. The summed E-state index contributed by atoms with van der Waals surface area (Å²) in [5.41, 5.74) is 1.41. The highest BCUT2D eigenvalue weighted by atomic mass is 16.2. The largest absolute Gasteiger partial charge is 0.353 e. The Balaban J connectivity index is 1.39. The van der Waals surface area contributed by atoms with Crippen LogP contribution in [0.1, 0.15) is 19.4 Å². The van der Waals surface area contributed by atoms with E-state index in [4.69, 9.17) is 0 Å². The predicted octanol–water partition coefficient (Wildman–Crippen LogP) is 1.25. The molecule has 0 bridgehead atoms. The molecule has 2 aliphatic heterocycles. The highest BCUT2D eigenvalue weighted by molar-refractivity contribution is 5.74. The van der Waals surface area contributed by atoms with Crippen LogP contribution in [0.25, 0.3) is 0 Å². The topological polar surface area (TPSA) is 55.0 Å². The van der Waals surface area contributed by atoms with Gasteiger partial charge in [0.15, 0.2) is 0 Å². The van der Waals surface area contributed by atoms with Gasteiger partial charge in [0.2, 0.25) is 0 Å². The third-order valence-electron chi connectivity index (χ3n) is 5.89. The molecule has 1 aromatic rings. The number of nitrogens with one attached hydrogen (secondary N) is 1. The van der Waals surface area contributed by atoms with Gasteiger partial charge in [-0.1, -0.05) is 0 Å². The lowest BCUT2D eigenvalue weighted by Crippen LogP contribution is -2.58. The fraction of sp³-hybridized carbons (Fsp3) is 0.700. The quantitative estimate of drug-likeness (QED) is 0.860. The summed E-state index contributed by atoms with van der Waals surface area (Å²) in [6.45, 7) is 14.6. The van der Waals surface area contributed by atoms with Gasteiger partial charge in [0.25, 0.3) is 0 Å². The molecule has 1 aromatic heterocycles. The van der Waals surface area contributed by atoms with Gasteiger partial charge in [0, 0.05) is 70.6 Å². The van der Waals surface area contributed by atoms with Crippen molar-refractivity contribution in [2.75, 3.05) is 70.9 Å². The van der Waals surface area contributed by atoms with E-state index in [0.717, 1.165) is 58.2 Å². The number of pyridine rings is 1. The number of anilines is 1. The second-order valence-electron chi connectivity index (χ2n) is 8.41. The molecule has 2 saturated heterocycles. The summed E-state index contributed by atoms with van der Waals surface area (Å²) < 4.78 is 0. The zero-order valence-corrected chi connectivity index (χ0v) is 17.2. The molecule has 3 heterocycles. The van der Waals surface area contributed by atoms with Crippen molar-refractivity contribution >= 4 is 11.8 Å². The van der Waals surface area contributed by atoms with E-state index in [-0.39, 0.29) is 11.6 Å². The first-order chi connectivity index (χ1) is 12.8. The summed E-state index contributed by atoms with van der Waals surface area (Å²) in [4.78, 5) is 25.9. The van der Waals surface area contributed by atoms with Crippen molar-refractivity contribution in [3.05, 3.63) is 23.9 Å². The Bertz CT molecular complexity index is 641. The Kier molecular flexibility index (Phi) is 6.22. The van der Waals surface area contributed by atoms with E-state index in [0.29, 0.717) is 6.54 Å². The monoisotopic (exact) mass is 374 g/mol. The minimum atomic E-state index is 0.0558.